The van der Waals surface area contributed by atoms with E-state index in [0.717, 1.165) is 12.1 Å². The second-order valence-corrected chi connectivity index (χ2v) is 5.26. The second kappa shape index (κ2) is 6.19. The highest BCUT2D eigenvalue weighted by molar-refractivity contribution is 9.10. The molecule has 3 nitrogen and oxygen atoms in total. The van der Waals surface area contributed by atoms with Crippen molar-refractivity contribution < 1.29 is 9.13 Å². The summed E-state index contributed by atoms with van der Waals surface area (Å²) in [7, 11) is 0. The minimum atomic E-state index is -0.331. The number of hydrogen-bond acceptors (Lipinski definition) is 2. The Bertz CT molecular complexity index is 556. The van der Waals surface area contributed by atoms with Gasteiger partial charge >= 0.3 is 0 Å². The topological polar surface area (TPSA) is 27.1 Å². The minimum absolute atomic E-state index is 0.331. The third-order valence-electron chi connectivity index (χ3n) is 2.98. The molecule has 0 aliphatic rings. The second-order valence-electron chi connectivity index (χ2n) is 4.41. The smallest absolute Gasteiger partial charge is 0.141 e. The van der Waals surface area contributed by atoms with Crippen molar-refractivity contribution in [3.63, 3.8) is 0 Å². The Balaban J connectivity index is 1.98. The number of nitrogens with zero attached hydrogens (tertiary/aromatic N) is 2. The molecule has 0 N–H and O–H groups in total. The van der Waals surface area contributed by atoms with Crippen molar-refractivity contribution in [1.29, 1.82) is 0 Å². The van der Waals surface area contributed by atoms with E-state index >= 15 is 0 Å². The van der Waals surface area contributed by atoms with Crippen molar-refractivity contribution in [3.8, 4) is 5.75 Å². The number of hydrogen-bond donors (Lipinski definition) is 0. The van der Waals surface area contributed by atoms with Crippen LogP contribution < -0.4 is 4.74 Å². The molecule has 0 spiro atoms. The highest BCUT2D eigenvalue weighted by Gasteiger charge is 2.06. The van der Waals surface area contributed by atoms with Crippen LogP contribution in [-0.2, 0) is 6.61 Å². The summed E-state index contributed by atoms with van der Waals surface area (Å²) in [6.07, 6.45) is 2.97. The maximum Gasteiger partial charge on any atom is 0.141 e. The van der Waals surface area contributed by atoms with Crippen LogP contribution in [0.5, 0.6) is 5.75 Å². The predicted octanol–water partition coefficient (Wildman–Crippen LogP) is 4.33. The van der Waals surface area contributed by atoms with Crippen LogP contribution >= 0.6 is 15.9 Å². The molecule has 102 valence electrons. The Labute approximate surface area is 120 Å². The molecular formula is C14H16BrFN2O. The molecule has 0 aliphatic carbocycles. The first-order valence-electron chi connectivity index (χ1n) is 6.22. The zero-order valence-corrected chi connectivity index (χ0v) is 12.5. The van der Waals surface area contributed by atoms with Crippen LogP contribution in [0.4, 0.5) is 4.39 Å². The summed E-state index contributed by atoms with van der Waals surface area (Å²) in [5.41, 5.74) is 0.837. The number of benzene rings is 1. The number of halogens is 2. The SMILES string of the molecule is CCC(C)n1ccc(COc2ccc(Br)c(F)c2)n1. The van der Waals surface area contributed by atoms with Gasteiger partial charge in [0.25, 0.3) is 0 Å². The van der Waals surface area contributed by atoms with Gasteiger partial charge in [-0.3, -0.25) is 4.68 Å². The summed E-state index contributed by atoms with van der Waals surface area (Å²) in [5.74, 6) is 0.168. The molecule has 0 radical (unpaired) electrons. The first kappa shape index (κ1) is 14.1. The molecule has 1 aromatic carbocycles. The van der Waals surface area contributed by atoms with Crippen molar-refractivity contribution in [2.75, 3.05) is 0 Å². The summed E-state index contributed by atoms with van der Waals surface area (Å²) in [4.78, 5) is 0. The molecule has 2 aromatic rings. The number of ether oxygens (including phenoxy) is 1. The van der Waals surface area contributed by atoms with E-state index in [4.69, 9.17) is 4.74 Å². The van der Waals surface area contributed by atoms with Crippen molar-refractivity contribution >= 4 is 15.9 Å². The Kier molecular flexibility index (Phi) is 4.58. The van der Waals surface area contributed by atoms with Crippen LogP contribution in [0.3, 0.4) is 0 Å². The number of aromatic nitrogens is 2. The van der Waals surface area contributed by atoms with E-state index in [1.807, 2.05) is 16.9 Å². The van der Waals surface area contributed by atoms with Gasteiger partial charge in [-0.2, -0.15) is 5.10 Å². The van der Waals surface area contributed by atoms with Crippen LogP contribution in [0.25, 0.3) is 0 Å². The average molecular weight is 327 g/mol. The highest BCUT2D eigenvalue weighted by atomic mass is 79.9. The van der Waals surface area contributed by atoms with E-state index in [-0.39, 0.29) is 5.82 Å². The standard InChI is InChI=1S/C14H16BrFN2O/c1-3-10(2)18-7-6-11(17-18)9-19-12-4-5-13(15)14(16)8-12/h4-8,10H,3,9H2,1-2H3. The van der Waals surface area contributed by atoms with Crippen LogP contribution in [0, 0.1) is 5.82 Å². The lowest BCUT2D eigenvalue weighted by atomic mass is 10.3. The van der Waals surface area contributed by atoms with Crippen LogP contribution in [0.2, 0.25) is 0 Å². The van der Waals surface area contributed by atoms with Gasteiger partial charge < -0.3 is 4.74 Å². The van der Waals surface area contributed by atoms with Gasteiger partial charge in [-0.1, -0.05) is 6.92 Å². The molecular weight excluding hydrogens is 311 g/mol. The molecule has 5 heteroatoms. The van der Waals surface area contributed by atoms with Gasteiger partial charge in [0.2, 0.25) is 0 Å². The van der Waals surface area contributed by atoms with Gasteiger partial charge in [0, 0.05) is 18.3 Å². The third kappa shape index (κ3) is 3.56. The maximum absolute atomic E-state index is 13.3. The zero-order valence-electron chi connectivity index (χ0n) is 10.9. The molecule has 2 rings (SSSR count). The van der Waals surface area contributed by atoms with E-state index in [9.17, 15) is 4.39 Å². The van der Waals surface area contributed by atoms with E-state index in [0.29, 0.717) is 22.9 Å². The fourth-order valence-corrected chi connectivity index (χ4v) is 1.86. The summed E-state index contributed by atoms with van der Waals surface area (Å²) in [6, 6.07) is 7.00. The van der Waals surface area contributed by atoms with Crippen LogP contribution in [-0.4, -0.2) is 9.78 Å². The molecule has 0 fully saturated rings. The molecule has 0 saturated heterocycles. The Morgan fingerprint density at radius 1 is 1.42 bits per heavy atom. The highest BCUT2D eigenvalue weighted by Crippen LogP contribution is 2.21. The Morgan fingerprint density at radius 2 is 2.21 bits per heavy atom. The van der Waals surface area contributed by atoms with Gasteiger partial charge in [-0.25, -0.2) is 4.39 Å². The van der Waals surface area contributed by atoms with Gasteiger partial charge in [0.1, 0.15) is 18.2 Å². The maximum atomic E-state index is 13.3. The van der Waals surface area contributed by atoms with E-state index < -0.39 is 0 Å². The average Bonchev–Trinajstić information content (AvgIpc) is 2.88. The lowest BCUT2D eigenvalue weighted by Crippen LogP contribution is -2.05. The Morgan fingerprint density at radius 3 is 2.89 bits per heavy atom. The summed E-state index contributed by atoms with van der Waals surface area (Å²) in [5, 5.41) is 4.42. The summed E-state index contributed by atoms with van der Waals surface area (Å²) >= 11 is 3.11. The zero-order chi connectivity index (χ0) is 13.8. The van der Waals surface area contributed by atoms with Crippen molar-refractivity contribution in [3.05, 3.63) is 46.4 Å². The van der Waals surface area contributed by atoms with Gasteiger partial charge in [-0.05, 0) is 47.5 Å². The fraction of sp³-hybridized carbons (Fsp3) is 0.357. The molecule has 0 amide bonds. The first-order valence-corrected chi connectivity index (χ1v) is 7.01. The molecule has 0 saturated carbocycles. The molecule has 0 aliphatic heterocycles. The molecule has 19 heavy (non-hydrogen) atoms. The van der Waals surface area contributed by atoms with E-state index in [1.165, 1.54) is 6.07 Å². The van der Waals surface area contributed by atoms with Crippen LogP contribution in [0.1, 0.15) is 32.0 Å². The van der Waals surface area contributed by atoms with E-state index in [1.54, 1.807) is 12.1 Å². The number of rotatable bonds is 5. The summed E-state index contributed by atoms with van der Waals surface area (Å²) < 4.78 is 21.2. The summed E-state index contributed by atoms with van der Waals surface area (Å²) in [6.45, 7) is 4.57. The minimum Gasteiger partial charge on any atom is -0.487 e. The lowest BCUT2D eigenvalue weighted by molar-refractivity contribution is 0.296. The van der Waals surface area contributed by atoms with Crippen molar-refractivity contribution in [2.45, 2.75) is 32.9 Å². The van der Waals surface area contributed by atoms with Crippen LogP contribution in [0.15, 0.2) is 34.9 Å². The fourth-order valence-electron chi connectivity index (χ4n) is 1.61. The molecule has 1 unspecified atom stereocenters. The van der Waals surface area contributed by atoms with Gasteiger partial charge in [0.15, 0.2) is 0 Å². The lowest BCUT2D eigenvalue weighted by Gasteiger charge is -2.08. The third-order valence-corrected chi connectivity index (χ3v) is 3.63. The first-order chi connectivity index (χ1) is 9.10. The quantitative estimate of drug-likeness (QED) is 0.817. The van der Waals surface area contributed by atoms with E-state index in [2.05, 4.69) is 34.9 Å². The molecule has 1 aromatic heterocycles. The predicted molar refractivity (Wildman–Crippen MR) is 75.7 cm³/mol. The van der Waals surface area contributed by atoms with Crippen molar-refractivity contribution in [2.24, 2.45) is 0 Å². The Hall–Kier alpha value is -1.36. The van der Waals surface area contributed by atoms with Gasteiger partial charge in [0.05, 0.1) is 10.2 Å². The monoisotopic (exact) mass is 326 g/mol. The molecule has 1 atom stereocenters. The largest absolute Gasteiger partial charge is 0.487 e. The van der Waals surface area contributed by atoms with Gasteiger partial charge in [-0.15, -0.1) is 0 Å². The van der Waals surface area contributed by atoms with Crippen molar-refractivity contribution in [1.82, 2.24) is 9.78 Å². The molecule has 1 heterocycles. The molecule has 0 bridgehead atoms. The normalized spacial score (nSPS) is 12.4.